The van der Waals surface area contributed by atoms with E-state index in [1.165, 1.54) is 0 Å². The number of rotatable bonds is 2. The number of carbonyl (C=O) groups is 1. The largest absolute Gasteiger partial charge is 0.517 e. The summed E-state index contributed by atoms with van der Waals surface area (Å²) in [5.74, 6) is 0.0378. The number of halogens is 3. The van der Waals surface area contributed by atoms with Crippen LogP contribution < -0.4 is 0 Å². The van der Waals surface area contributed by atoms with Gasteiger partial charge in [0.2, 0.25) is 5.91 Å². The van der Waals surface area contributed by atoms with Crippen LogP contribution in [-0.2, 0) is 27.7 Å². The standard InChI is InChI=1S/C12H14F3N3O3S/c13-12(14,15)22(20,21)18-7-16-9-6-8(3-4-10(9)18)17-5-1-2-11(17)19/h7-8H,1-6H2. The Balaban J connectivity index is 1.88. The smallest absolute Gasteiger partial charge is 0.339 e. The molecule has 122 valence electrons. The van der Waals surface area contributed by atoms with E-state index in [9.17, 15) is 26.4 Å². The van der Waals surface area contributed by atoms with Gasteiger partial charge < -0.3 is 4.90 Å². The van der Waals surface area contributed by atoms with Gasteiger partial charge in [-0.1, -0.05) is 0 Å². The van der Waals surface area contributed by atoms with E-state index in [-0.39, 0.29) is 28.0 Å². The van der Waals surface area contributed by atoms with Crippen molar-refractivity contribution in [2.45, 2.75) is 43.7 Å². The predicted octanol–water partition coefficient (Wildman–Crippen LogP) is 1.06. The second-order valence-electron chi connectivity index (χ2n) is 5.47. The first kappa shape index (κ1) is 15.3. The Bertz CT molecular complexity index is 711. The summed E-state index contributed by atoms with van der Waals surface area (Å²) in [6.45, 7) is 0.639. The van der Waals surface area contributed by atoms with Gasteiger partial charge in [0.1, 0.15) is 6.33 Å². The van der Waals surface area contributed by atoms with Crippen LogP contribution in [0.4, 0.5) is 13.2 Å². The van der Waals surface area contributed by atoms with Crippen molar-refractivity contribution in [3.63, 3.8) is 0 Å². The van der Waals surface area contributed by atoms with Crippen molar-refractivity contribution < 1.29 is 26.4 Å². The zero-order chi connectivity index (χ0) is 16.1. The first-order valence-corrected chi connectivity index (χ1v) is 8.32. The molecule has 1 unspecified atom stereocenters. The van der Waals surface area contributed by atoms with Crippen molar-refractivity contribution in [1.29, 1.82) is 0 Å². The van der Waals surface area contributed by atoms with E-state index in [2.05, 4.69) is 4.98 Å². The minimum atomic E-state index is -5.45. The molecule has 2 heterocycles. The number of likely N-dealkylation sites (tertiary alicyclic amines) is 1. The highest BCUT2D eigenvalue weighted by atomic mass is 32.2. The Labute approximate surface area is 125 Å². The Morgan fingerprint density at radius 2 is 2.00 bits per heavy atom. The molecular weight excluding hydrogens is 323 g/mol. The van der Waals surface area contributed by atoms with Gasteiger partial charge in [-0.15, -0.1) is 0 Å². The third-order valence-electron chi connectivity index (χ3n) is 4.16. The molecule has 1 aromatic rings. The number of carbonyl (C=O) groups excluding carboxylic acids is 1. The van der Waals surface area contributed by atoms with Gasteiger partial charge in [-0.25, -0.2) is 8.96 Å². The Kier molecular flexibility index (Phi) is 3.46. The van der Waals surface area contributed by atoms with Gasteiger partial charge in [-0.3, -0.25) is 4.79 Å². The molecule has 1 fully saturated rings. The molecule has 1 aromatic heterocycles. The lowest BCUT2D eigenvalue weighted by molar-refractivity contribution is -0.129. The molecule has 1 amide bonds. The molecule has 2 aliphatic rings. The van der Waals surface area contributed by atoms with Gasteiger partial charge in [0, 0.05) is 25.4 Å². The van der Waals surface area contributed by atoms with Gasteiger partial charge in [0.25, 0.3) is 0 Å². The van der Waals surface area contributed by atoms with E-state index in [0.29, 0.717) is 37.8 Å². The van der Waals surface area contributed by atoms with Crippen LogP contribution in [0.5, 0.6) is 0 Å². The first-order valence-electron chi connectivity index (χ1n) is 6.88. The van der Waals surface area contributed by atoms with E-state index in [1.54, 1.807) is 4.90 Å². The van der Waals surface area contributed by atoms with Crippen LogP contribution in [0.2, 0.25) is 0 Å². The van der Waals surface area contributed by atoms with Crippen LogP contribution in [0, 0.1) is 0 Å². The van der Waals surface area contributed by atoms with Gasteiger partial charge in [0.15, 0.2) is 0 Å². The molecule has 3 rings (SSSR count). The zero-order valence-corrected chi connectivity index (χ0v) is 12.3. The predicted molar refractivity (Wildman–Crippen MR) is 69.4 cm³/mol. The Morgan fingerprint density at radius 1 is 1.27 bits per heavy atom. The molecule has 0 aromatic carbocycles. The molecule has 0 saturated carbocycles. The highest BCUT2D eigenvalue weighted by Gasteiger charge is 2.49. The summed E-state index contributed by atoms with van der Waals surface area (Å²) >= 11 is 0. The number of alkyl halides is 3. The average Bonchev–Trinajstić information content (AvgIpc) is 3.02. The number of aromatic nitrogens is 2. The summed E-state index contributed by atoms with van der Waals surface area (Å²) in [6.07, 6.45) is 2.86. The molecule has 0 N–H and O–H groups in total. The lowest BCUT2D eigenvalue weighted by atomic mass is 9.95. The molecule has 0 bridgehead atoms. The van der Waals surface area contributed by atoms with E-state index >= 15 is 0 Å². The number of hydrogen-bond donors (Lipinski definition) is 0. The maximum Gasteiger partial charge on any atom is 0.517 e. The summed E-state index contributed by atoms with van der Waals surface area (Å²) in [7, 11) is -5.45. The highest BCUT2D eigenvalue weighted by Crippen LogP contribution is 2.31. The van der Waals surface area contributed by atoms with Crippen molar-refractivity contribution in [3.05, 3.63) is 17.7 Å². The maximum atomic E-state index is 12.7. The number of amides is 1. The molecule has 6 nitrogen and oxygen atoms in total. The lowest BCUT2D eigenvalue weighted by Gasteiger charge is -2.30. The first-order chi connectivity index (χ1) is 10.2. The third-order valence-corrected chi connectivity index (χ3v) is 5.58. The van der Waals surface area contributed by atoms with E-state index in [0.717, 1.165) is 6.42 Å². The fraction of sp³-hybridized carbons (Fsp3) is 0.667. The Morgan fingerprint density at radius 3 is 2.59 bits per heavy atom. The zero-order valence-electron chi connectivity index (χ0n) is 11.5. The third kappa shape index (κ3) is 2.29. The van der Waals surface area contributed by atoms with E-state index in [1.807, 2.05) is 0 Å². The van der Waals surface area contributed by atoms with Crippen molar-refractivity contribution >= 4 is 15.9 Å². The van der Waals surface area contributed by atoms with E-state index in [4.69, 9.17) is 0 Å². The average molecular weight is 337 g/mol. The molecule has 1 atom stereocenters. The summed E-state index contributed by atoms with van der Waals surface area (Å²) in [5.41, 5.74) is -4.97. The quantitative estimate of drug-likeness (QED) is 0.809. The normalized spacial score (nSPS) is 23.0. The highest BCUT2D eigenvalue weighted by molar-refractivity contribution is 7.90. The van der Waals surface area contributed by atoms with Gasteiger partial charge in [-0.2, -0.15) is 21.6 Å². The number of hydrogen-bond acceptors (Lipinski definition) is 4. The molecule has 22 heavy (non-hydrogen) atoms. The topological polar surface area (TPSA) is 72.3 Å². The van der Waals surface area contributed by atoms with Gasteiger partial charge in [0.05, 0.1) is 11.4 Å². The van der Waals surface area contributed by atoms with Crippen LogP contribution >= 0.6 is 0 Å². The SMILES string of the molecule is O=C1CCCN1C1CCc2c(ncn2S(=O)(=O)C(F)(F)F)C1. The number of fused-ring (bicyclic) bond motifs is 1. The van der Waals surface area contributed by atoms with Crippen LogP contribution in [0.3, 0.4) is 0 Å². The van der Waals surface area contributed by atoms with Crippen LogP contribution in [0.1, 0.15) is 30.7 Å². The summed E-state index contributed by atoms with van der Waals surface area (Å²) in [5, 5.41) is 0. The van der Waals surface area contributed by atoms with Crippen molar-refractivity contribution in [2.75, 3.05) is 6.54 Å². The van der Waals surface area contributed by atoms with Crippen LogP contribution in [0.25, 0.3) is 0 Å². The van der Waals surface area contributed by atoms with Crippen molar-refractivity contribution in [2.24, 2.45) is 0 Å². The Hall–Kier alpha value is -1.58. The fourth-order valence-electron chi connectivity index (χ4n) is 3.09. The lowest BCUT2D eigenvalue weighted by Crippen LogP contribution is -2.40. The summed E-state index contributed by atoms with van der Waals surface area (Å²) in [4.78, 5) is 17.3. The van der Waals surface area contributed by atoms with Gasteiger partial charge in [-0.05, 0) is 19.3 Å². The van der Waals surface area contributed by atoms with Gasteiger partial charge >= 0.3 is 15.5 Å². The van der Waals surface area contributed by atoms with Crippen LogP contribution in [0.15, 0.2) is 6.33 Å². The van der Waals surface area contributed by atoms with Crippen LogP contribution in [-0.4, -0.2) is 46.3 Å². The molecule has 1 aliphatic carbocycles. The van der Waals surface area contributed by atoms with Crippen molar-refractivity contribution in [1.82, 2.24) is 13.9 Å². The second-order valence-corrected chi connectivity index (χ2v) is 7.28. The number of nitrogens with zero attached hydrogens (tertiary/aromatic N) is 3. The monoisotopic (exact) mass is 337 g/mol. The molecule has 0 radical (unpaired) electrons. The summed E-state index contributed by atoms with van der Waals surface area (Å²) < 4.78 is 61.2. The fourth-order valence-corrected chi connectivity index (χ4v) is 3.97. The molecule has 0 spiro atoms. The van der Waals surface area contributed by atoms with Crippen molar-refractivity contribution in [3.8, 4) is 0 Å². The second kappa shape index (κ2) is 4.97. The minimum absolute atomic E-state index is 0.0378. The molecular formula is C12H14F3N3O3S. The minimum Gasteiger partial charge on any atom is -0.339 e. The molecule has 1 aliphatic heterocycles. The molecule has 1 saturated heterocycles. The maximum absolute atomic E-state index is 12.7. The molecule has 10 heteroatoms. The summed E-state index contributed by atoms with van der Waals surface area (Å²) in [6, 6.07) is -0.112. The number of imidazole rings is 1. The van der Waals surface area contributed by atoms with E-state index < -0.39 is 15.5 Å².